The zero-order chi connectivity index (χ0) is 15.5. The summed E-state index contributed by atoms with van der Waals surface area (Å²) in [5.74, 6) is -0.921. The number of H-pyrrole nitrogens is 1. The predicted octanol–water partition coefficient (Wildman–Crippen LogP) is 1.65. The van der Waals surface area contributed by atoms with Crippen molar-refractivity contribution in [3.05, 3.63) is 41.8 Å². The Balaban J connectivity index is 1.69. The summed E-state index contributed by atoms with van der Waals surface area (Å²) in [6.45, 7) is 0.124. The van der Waals surface area contributed by atoms with E-state index in [-0.39, 0.29) is 29.9 Å². The quantitative estimate of drug-likeness (QED) is 0.841. The third-order valence-corrected chi connectivity index (χ3v) is 3.49. The van der Waals surface area contributed by atoms with Crippen LogP contribution in [-0.4, -0.2) is 34.7 Å². The highest BCUT2D eigenvalue weighted by atomic mass is 19.1. The number of amides is 1. The van der Waals surface area contributed by atoms with Gasteiger partial charge in [0.25, 0.3) is 0 Å². The number of benzene rings is 1. The zero-order valence-corrected chi connectivity index (χ0v) is 11.6. The van der Waals surface area contributed by atoms with Crippen molar-refractivity contribution in [2.75, 3.05) is 6.61 Å². The van der Waals surface area contributed by atoms with Crippen molar-refractivity contribution in [3.8, 4) is 11.3 Å². The number of aromatic amines is 1. The van der Waals surface area contributed by atoms with Crippen molar-refractivity contribution in [1.82, 2.24) is 15.5 Å². The van der Waals surface area contributed by atoms with Crippen molar-refractivity contribution < 1.29 is 18.7 Å². The highest BCUT2D eigenvalue weighted by molar-refractivity contribution is 5.95. The summed E-state index contributed by atoms with van der Waals surface area (Å²) >= 11 is 0. The first kappa shape index (κ1) is 14.2. The van der Waals surface area contributed by atoms with Crippen LogP contribution in [0.25, 0.3) is 11.3 Å². The molecule has 2 aromatic rings. The van der Waals surface area contributed by atoms with E-state index in [0.29, 0.717) is 24.1 Å². The predicted molar refractivity (Wildman–Crippen MR) is 75.4 cm³/mol. The molecule has 1 aromatic heterocycles. The Morgan fingerprint density at radius 2 is 2.14 bits per heavy atom. The van der Waals surface area contributed by atoms with E-state index in [1.807, 2.05) is 0 Å². The van der Waals surface area contributed by atoms with E-state index in [1.165, 1.54) is 18.3 Å². The molecule has 2 heterocycles. The number of ether oxygens (including phenoxy) is 1. The molecule has 0 aliphatic carbocycles. The summed E-state index contributed by atoms with van der Waals surface area (Å²) < 4.78 is 18.2. The van der Waals surface area contributed by atoms with Crippen molar-refractivity contribution in [2.45, 2.75) is 18.9 Å². The van der Waals surface area contributed by atoms with E-state index in [0.717, 1.165) is 0 Å². The van der Waals surface area contributed by atoms with Crippen LogP contribution < -0.4 is 5.32 Å². The molecule has 0 radical (unpaired) electrons. The van der Waals surface area contributed by atoms with Gasteiger partial charge in [-0.25, -0.2) is 9.18 Å². The van der Waals surface area contributed by atoms with E-state index in [4.69, 9.17) is 4.74 Å². The molecule has 2 N–H and O–H groups in total. The van der Waals surface area contributed by atoms with Crippen molar-refractivity contribution in [1.29, 1.82) is 0 Å². The lowest BCUT2D eigenvalue weighted by Crippen LogP contribution is -2.30. The van der Waals surface area contributed by atoms with Gasteiger partial charge in [0.2, 0.25) is 5.91 Å². The molecule has 1 aliphatic rings. The lowest BCUT2D eigenvalue weighted by molar-refractivity contribution is -0.119. The SMILES string of the molecule is O=C1CC[C@@H](COC(=O)c2cn[nH]c2-c2ccc(F)cc2)N1. The summed E-state index contributed by atoms with van der Waals surface area (Å²) in [7, 11) is 0. The normalized spacial score (nSPS) is 17.3. The largest absolute Gasteiger partial charge is 0.460 e. The van der Waals surface area contributed by atoms with Crippen LogP contribution in [0.15, 0.2) is 30.5 Å². The summed E-state index contributed by atoms with van der Waals surface area (Å²) in [4.78, 5) is 23.2. The van der Waals surface area contributed by atoms with Crippen LogP contribution in [0.3, 0.4) is 0 Å². The Hall–Kier alpha value is -2.70. The Bertz CT molecular complexity index is 696. The first-order valence-electron chi connectivity index (χ1n) is 6.89. The van der Waals surface area contributed by atoms with Gasteiger partial charge in [-0.1, -0.05) is 0 Å². The Labute approximate surface area is 125 Å². The van der Waals surface area contributed by atoms with E-state index in [9.17, 15) is 14.0 Å². The Morgan fingerprint density at radius 1 is 1.36 bits per heavy atom. The molecule has 1 aromatic carbocycles. The average Bonchev–Trinajstić information content (AvgIpc) is 3.14. The van der Waals surface area contributed by atoms with Gasteiger partial charge in [-0.2, -0.15) is 5.10 Å². The van der Waals surface area contributed by atoms with Crippen molar-refractivity contribution in [2.24, 2.45) is 0 Å². The first-order valence-corrected chi connectivity index (χ1v) is 6.89. The minimum absolute atomic E-state index is 0.0311. The van der Waals surface area contributed by atoms with Gasteiger partial charge in [0.05, 0.1) is 17.9 Å². The lowest BCUT2D eigenvalue weighted by Gasteiger charge is -2.10. The maximum Gasteiger partial charge on any atom is 0.342 e. The second-order valence-corrected chi connectivity index (χ2v) is 5.07. The molecule has 0 spiro atoms. The molecular weight excluding hydrogens is 289 g/mol. The fraction of sp³-hybridized carbons (Fsp3) is 0.267. The van der Waals surface area contributed by atoms with Crippen LogP contribution in [-0.2, 0) is 9.53 Å². The smallest absolute Gasteiger partial charge is 0.342 e. The highest BCUT2D eigenvalue weighted by Crippen LogP contribution is 2.22. The topological polar surface area (TPSA) is 84.1 Å². The number of rotatable bonds is 4. The highest BCUT2D eigenvalue weighted by Gasteiger charge is 2.23. The minimum atomic E-state index is -0.533. The van der Waals surface area contributed by atoms with E-state index >= 15 is 0 Å². The summed E-state index contributed by atoms with van der Waals surface area (Å²) in [6, 6.07) is 5.57. The van der Waals surface area contributed by atoms with Gasteiger partial charge in [0.1, 0.15) is 18.0 Å². The molecule has 0 saturated carbocycles. The molecule has 1 fully saturated rings. The second-order valence-electron chi connectivity index (χ2n) is 5.07. The maximum atomic E-state index is 13.0. The molecule has 3 rings (SSSR count). The number of esters is 1. The number of carbonyl (C=O) groups excluding carboxylic acids is 2. The molecule has 1 saturated heterocycles. The Morgan fingerprint density at radius 3 is 2.82 bits per heavy atom. The van der Waals surface area contributed by atoms with E-state index in [2.05, 4.69) is 15.5 Å². The van der Waals surface area contributed by atoms with Crippen LogP contribution in [0.1, 0.15) is 23.2 Å². The van der Waals surface area contributed by atoms with Gasteiger partial charge in [-0.3, -0.25) is 9.89 Å². The number of halogens is 1. The van der Waals surface area contributed by atoms with Gasteiger partial charge < -0.3 is 10.1 Å². The van der Waals surface area contributed by atoms with Crippen LogP contribution in [0.4, 0.5) is 4.39 Å². The number of nitrogens with one attached hydrogen (secondary N) is 2. The van der Waals surface area contributed by atoms with Gasteiger partial charge in [-0.15, -0.1) is 0 Å². The van der Waals surface area contributed by atoms with Gasteiger partial charge in [0, 0.05) is 12.0 Å². The second kappa shape index (κ2) is 5.97. The van der Waals surface area contributed by atoms with E-state index < -0.39 is 5.97 Å². The van der Waals surface area contributed by atoms with Crippen LogP contribution in [0.2, 0.25) is 0 Å². The Kier molecular flexibility index (Phi) is 3.86. The minimum Gasteiger partial charge on any atom is -0.460 e. The van der Waals surface area contributed by atoms with Crippen LogP contribution >= 0.6 is 0 Å². The monoisotopic (exact) mass is 303 g/mol. The first-order chi connectivity index (χ1) is 10.6. The summed E-state index contributed by atoms with van der Waals surface area (Å²) in [5, 5.41) is 9.28. The average molecular weight is 303 g/mol. The summed E-state index contributed by atoms with van der Waals surface area (Å²) in [6.07, 6.45) is 2.48. The molecular formula is C15H14FN3O3. The molecule has 7 heteroatoms. The fourth-order valence-corrected chi connectivity index (χ4v) is 2.33. The molecule has 1 atom stereocenters. The lowest BCUT2D eigenvalue weighted by atomic mass is 10.1. The maximum absolute atomic E-state index is 13.0. The molecule has 114 valence electrons. The van der Waals surface area contributed by atoms with Crippen molar-refractivity contribution in [3.63, 3.8) is 0 Å². The third-order valence-electron chi connectivity index (χ3n) is 3.49. The molecule has 0 unspecified atom stereocenters. The number of hydrogen-bond donors (Lipinski definition) is 2. The van der Waals surface area contributed by atoms with Gasteiger partial charge in [-0.05, 0) is 30.7 Å². The van der Waals surface area contributed by atoms with Crippen molar-refractivity contribution >= 4 is 11.9 Å². The number of carbonyl (C=O) groups is 2. The fourth-order valence-electron chi connectivity index (χ4n) is 2.33. The third kappa shape index (κ3) is 2.98. The standard InChI is InChI=1S/C15H14FN3O3/c16-10-3-1-9(2-4-10)14-12(7-17-19-14)15(21)22-8-11-5-6-13(20)18-11/h1-4,7,11H,5-6,8H2,(H,17,19)(H,18,20)/t11-/m0/s1. The van der Waals surface area contributed by atoms with Crippen LogP contribution in [0, 0.1) is 5.82 Å². The number of aromatic nitrogens is 2. The molecule has 1 amide bonds. The molecule has 6 nitrogen and oxygen atoms in total. The number of hydrogen-bond acceptors (Lipinski definition) is 4. The van der Waals surface area contributed by atoms with Crippen LogP contribution in [0.5, 0.6) is 0 Å². The zero-order valence-electron chi connectivity index (χ0n) is 11.6. The summed E-state index contributed by atoms with van der Waals surface area (Å²) in [5.41, 5.74) is 1.39. The van der Waals surface area contributed by atoms with Gasteiger partial charge in [0.15, 0.2) is 0 Å². The molecule has 1 aliphatic heterocycles. The molecule has 22 heavy (non-hydrogen) atoms. The van der Waals surface area contributed by atoms with E-state index in [1.54, 1.807) is 12.1 Å². The van der Waals surface area contributed by atoms with Gasteiger partial charge >= 0.3 is 5.97 Å². The molecule has 0 bridgehead atoms. The number of nitrogens with zero attached hydrogens (tertiary/aromatic N) is 1.